The van der Waals surface area contributed by atoms with Gasteiger partial charge in [0.1, 0.15) is 5.75 Å². The van der Waals surface area contributed by atoms with Crippen molar-refractivity contribution in [2.24, 2.45) is 5.92 Å². The van der Waals surface area contributed by atoms with E-state index < -0.39 is 0 Å². The van der Waals surface area contributed by atoms with Crippen LogP contribution in [0.5, 0.6) is 5.75 Å². The first-order valence-corrected chi connectivity index (χ1v) is 11.1. The third kappa shape index (κ3) is 5.21. The predicted molar refractivity (Wildman–Crippen MR) is 121 cm³/mol. The standard InChI is InChI=1S/C25H33N3O2/c1-28(2)18-22-24(29-17-14-19-6-4-3-5-7-19)11-9-21-23(27-30-25(21)22)10-8-20-12-15-26-16-13-20/h3-7,9,11,20,26H,8,10,12-18H2,1-2H3. The molecule has 0 aliphatic carbocycles. The summed E-state index contributed by atoms with van der Waals surface area (Å²) in [6.07, 6.45) is 5.58. The van der Waals surface area contributed by atoms with Gasteiger partial charge in [0.25, 0.3) is 0 Å². The van der Waals surface area contributed by atoms with Crippen LogP contribution in [0.15, 0.2) is 47.0 Å². The Morgan fingerprint density at radius 3 is 2.63 bits per heavy atom. The smallest absolute Gasteiger partial charge is 0.175 e. The lowest BCUT2D eigenvalue weighted by atomic mass is 9.92. The molecule has 2 heterocycles. The molecule has 1 fully saturated rings. The van der Waals surface area contributed by atoms with Crippen LogP contribution in [0, 0.1) is 5.92 Å². The molecule has 0 saturated carbocycles. The van der Waals surface area contributed by atoms with Gasteiger partial charge in [0, 0.05) is 18.4 Å². The van der Waals surface area contributed by atoms with E-state index in [0.717, 1.165) is 66.4 Å². The van der Waals surface area contributed by atoms with Gasteiger partial charge in [-0.15, -0.1) is 0 Å². The summed E-state index contributed by atoms with van der Waals surface area (Å²) in [5.41, 5.74) is 4.33. The molecule has 0 amide bonds. The third-order valence-electron chi connectivity index (χ3n) is 5.99. The Morgan fingerprint density at radius 1 is 1.07 bits per heavy atom. The first-order valence-electron chi connectivity index (χ1n) is 11.1. The van der Waals surface area contributed by atoms with Crippen LogP contribution in [0.4, 0.5) is 0 Å². The van der Waals surface area contributed by atoms with Crippen LogP contribution >= 0.6 is 0 Å². The van der Waals surface area contributed by atoms with Crippen LogP contribution in [-0.4, -0.2) is 43.8 Å². The molecule has 0 spiro atoms. The Morgan fingerprint density at radius 2 is 1.87 bits per heavy atom. The summed E-state index contributed by atoms with van der Waals surface area (Å²) < 4.78 is 12.1. The number of nitrogens with one attached hydrogen (secondary N) is 1. The minimum absolute atomic E-state index is 0.645. The van der Waals surface area contributed by atoms with Gasteiger partial charge in [0.05, 0.1) is 17.9 Å². The van der Waals surface area contributed by atoms with Crippen LogP contribution in [-0.2, 0) is 19.4 Å². The maximum Gasteiger partial charge on any atom is 0.175 e. The van der Waals surface area contributed by atoms with E-state index in [1.54, 1.807) is 0 Å². The molecule has 1 aromatic heterocycles. The van der Waals surface area contributed by atoms with Gasteiger partial charge < -0.3 is 19.5 Å². The highest BCUT2D eigenvalue weighted by atomic mass is 16.5. The van der Waals surface area contributed by atoms with Gasteiger partial charge in [-0.05, 0) is 76.5 Å². The van der Waals surface area contributed by atoms with Gasteiger partial charge in [-0.2, -0.15) is 0 Å². The molecule has 5 heteroatoms. The normalized spacial score (nSPS) is 15.2. The van der Waals surface area contributed by atoms with Crippen molar-refractivity contribution >= 4 is 11.0 Å². The number of hydrogen-bond acceptors (Lipinski definition) is 5. The second kappa shape index (κ2) is 10.1. The van der Waals surface area contributed by atoms with E-state index in [2.05, 4.69) is 65.9 Å². The Balaban J connectivity index is 1.49. The fraction of sp³-hybridized carbons (Fsp3) is 0.480. The second-order valence-electron chi connectivity index (χ2n) is 8.60. The van der Waals surface area contributed by atoms with E-state index in [1.807, 2.05) is 6.07 Å². The summed E-state index contributed by atoms with van der Waals surface area (Å²) in [6.45, 7) is 3.69. The molecule has 4 rings (SSSR count). The van der Waals surface area contributed by atoms with Crippen molar-refractivity contribution in [1.29, 1.82) is 0 Å². The minimum Gasteiger partial charge on any atom is -0.493 e. The van der Waals surface area contributed by atoms with Crippen molar-refractivity contribution in [2.45, 2.75) is 38.6 Å². The van der Waals surface area contributed by atoms with Crippen molar-refractivity contribution in [3.8, 4) is 5.75 Å². The SMILES string of the molecule is CN(C)Cc1c(OCCc2ccccc2)ccc2c(CCC3CCNCC3)noc12. The first kappa shape index (κ1) is 20.9. The molecule has 1 aliphatic rings. The van der Waals surface area contributed by atoms with Gasteiger partial charge in [-0.1, -0.05) is 35.5 Å². The Labute approximate surface area is 179 Å². The van der Waals surface area contributed by atoms with Crippen molar-refractivity contribution < 1.29 is 9.26 Å². The molecule has 0 bridgehead atoms. The van der Waals surface area contributed by atoms with E-state index in [0.29, 0.717) is 6.61 Å². The fourth-order valence-electron chi connectivity index (χ4n) is 4.31. The van der Waals surface area contributed by atoms with Crippen molar-refractivity contribution in [1.82, 2.24) is 15.4 Å². The monoisotopic (exact) mass is 407 g/mol. The van der Waals surface area contributed by atoms with Gasteiger partial charge in [-0.3, -0.25) is 0 Å². The summed E-state index contributed by atoms with van der Waals surface area (Å²) in [6, 6.07) is 14.7. The zero-order chi connectivity index (χ0) is 20.8. The topological polar surface area (TPSA) is 50.5 Å². The van der Waals surface area contributed by atoms with Gasteiger partial charge >= 0.3 is 0 Å². The number of fused-ring (bicyclic) bond motifs is 1. The van der Waals surface area contributed by atoms with Crippen LogP contribution < -0.4 is 10.1 Å². The molecular weight excluding hydrogens is 374 g/mol. The Bertz CT molecular complexity index is 930. The maximum atomic E-state index is 6.19. The molecule has 2 aromatic carbocycles. The number of aromatic nitrogens is 1. The maximum absolute atomic E-state index is 6.19. The predicted octanol–water partition coefficient (Wildman–Crippen LogP) is 4.44. The molecule has 30 heavy (non-hydrogen) atoms. The van der Waals surface area contributed by atoms with Crippen molar-refractivity contribution in [3.05, 3.63) is 59.3 Å². The second-order valence-corrected chi connectivity index (χ2v) is 8.60. The zero-order valence-corrected chi connectivity index (χ0v) is 18.2. The lowest BCUT2D eigenvalue weighted by molar-refractivity contribution is 0.308. The highest BCUT2D eigenvalue weighted by Crippen LogP contribution is 2.32. The molecule has 1 saturated heterocycles. The van der Waals surface area contributed by atoms with Crippen LogP contribution in [0.25, 0.3) is 11.0 Å². The van der Waals surface area contributed by atoms with Gasteiger partial charge in [0.15, 0.2) is 5.58 Å². The minimum atomic E-state index is 0.645. The van der Waals surface area contributed by atoms with Crippen molar-refractivity contribution in [2.75, 3.05) is 33.8 Å². The number of rotatable bonds is 9. The summed E-state index contributed by atoms with van der Waals surface area (Å²) in [7, 11) is 4.14. The molecule has 5 nitrogen and oxygen atoms in total. The van der Waals surface area contributed by atoms with E-state index in [-0.39, 0.29) is 0 Å². The van der Waals surface area contributed by atoms with Crippen LogP contribution in [0.3, 0.4) is 0 Å². The number of hydrogen-bond donors (Lipinski definition) is 1. The Kier molecular flexibility index (Phi) is 7.03. The lowest BCUT2D eigenvalue weighted by Crippen LogP contribution is -2.27. The van der Waals surface area contributed by atoms with E-state index in [9.17, 15) is 0 Å². The van der Waals surface area contributed by atoms with E-state index in [1.165, 1.54) is 24.8 Å². The fourth-order valence-corrected chi connectivity index (χ4v) is 4.31. The highest BCUT2D eigenvalue weighted by Gasteiger charge is 2.19. The average molecular weight is 408 g/mol. The molecule has 0 atom stereocenters. The first-order chi connectivity index (χ1) is 14.7. The summed E-state index contributed by atoms with van der Waals surface area (Å²) in [5, 5.41) is 9.03. The number of nitrogens with zero attached hydrogens (tertiary/aromatic N) is 2. The van der Waals surface area contributed by atoms with Crippen molar-refractivity contribution in [3.63, 3.8) is 0 Å². The van der Waals surface area contributed by atoms with Gasteiger partial charge in [0.2, 0.25) is 0 Å². The molecule has 160 valence electrons. The number of piperidine rings is 1. The summed E-state index contributed by atoms with van der Waals surface area (Å²) >= 11 is 0. The summed E-state index contributed by atoms with van der Waals surface area (Å²) in [4.78, 5) is 2.15. The third-order valence-corrected chi connectivity index (χ3v) is 5.99. The number of aryl methyl sites for hydroxylation is 1. The molecule has 1 aliphatic heterocycles. The van der Waals surface area contributed by atoms with Crippen LogP contribution in [0.1, 0.15) is 36.1 Å². The molecular formula is C25H33N3O2. The molecule has 0 radical (unpaired) electrons. The van der Waals surface area contributed by atoms with Gasteiger partial charge in [-0.25, -0.2) is 0 Å². The van der Waals surface area contributed by atoms with Crippen LogP contribution in [0.2, 0.25) is 0 Å². The molecule has 1 N–H and O–H groups in total. The molecule has 0 unspecified atom stereocenters. The van der Waals surface area contributed by atoms with E-state index >= 15 is 0 Å². The quantitative estimate of drug-likeness (QED) is 0.568. The molecule has 3 aromatic rings. The lowest BCUT2D eigenvalue weighted by Gasteiger charge is -2.21. The zero-order valence-electron chi connectivity index (χ0n) is 18.2. The van der Waals surface area contributed by atoms with E-state index in [4.69, 9.17) is 9.26 Å². The number of ether oxygens (including phenoxy) is 1. The highest BCUT2D eigenvalue weighted by molar-refractivity contribution is 5.84. The largest absolute Gasteiger partial charge is 0.493 e. The Hall–Kier alpha value is -2.37. The number of benzene rings is 2. The summed E-state index contributed by atoms with van der Waals surface area (Å²) in [5.74, 6) is 1.69. The average Bonchev–Trinajstić information content (AvgIpc) is 3.18.